The van der Waals surface area contributed by atoms with Crippen LogP contribution in [0.1, 0.15) is 31.1 Å². The lowest BCUT2D eigenvalue weighted by molar-refractivity contribution is 0.0599. The van der Waals surface area contributed by atoms with Crippen molar-refractivity contribution in [2.75, 3.05) is 19.5 Å². The standard InChI is InChI=1S/C17H12F3NO5/c1-25-16(23)8-5-9(17(24)26-2)7-10(6-8)21-15(22)11-3-4-12(18)14(20)13(11)19/h3-7H,1-2H3,(H,21,22). The van der Waals surface area contributed by atoms with Crippen molar-refractivity contribution >= 4 is 23.5 Å². The lowest BCUT2D eigenvalue weighted by atomic mass is 10.1. The first-order valence-corrected chi connectivity index (χ1v) is 7.05. The van der Waals surface area contributed by atoms with Crippen molar-refractivity contribution in [2.24, 2.45) is 0 Å². The average Bonchev–Trinajstić information content (AvgIpc) is 2.64. The van der Waals surface area contributed by atoms with E-state index in [2.05, 4.69) is 14.8 Å². The van der Waals surface area contributed by atoms with Gasteiger partial charge in [0, 0.05) is 5.69 Å². The summed E-state index contributed by atoms with van der Waals surface area (Å²) < 4.78 is 49.0. The SMILES string of the molecule is COC(=O)c1cc(NC(=O)c2ccc(F)c(F)c2F)cc(C(=O)OC)c1. The lowest BCUT2D eigenvalue weighted by Crippen LogP contribution is -2.16. The van der Waals surface area contributed by atoms with E-state index in [0.717, 1.165) is 32.4 Å². The molecule has 26 heavy (non-hydrogen) atoms. The minimum absolute atomic E-state index is 0.0811. The van der Waals surface area contributed by atoms with Crippen LogP contribution in [0.5, 0.6) is 0 Å². The lowest BCUT2D eigenvalue weighted by Gasteiger charge is -2.10. The minimum Gasteiger partial charge on any atom is -0.465 e. The van der Waals surface area contributed by atoms with Crippen molar-refractivity contribution in [2.45, 2.75) is 0 Å². The first kappa shape index (κ1) is 19.0. The fraction of sp³-hybridized carbons (Fsp3) is 0.118. The van der Waals surface area contributed by atoms with Gasteiger partial charge in [0.1, 0.15) is 0 Å². The highest BCUT2D eigenvalue weighted by Gasteiger charge is 2.20. The predicted octanol–water partition coefficient (Wildman–Crippen LogP) is 2.93. The summed E-state index contributed by atoms with van der Waals surface area (Å²) in [6.07, 6.45) is 0. The fourth-order valence-electron chi connectivity index (χ4n) is 2.07. The maximum atomic E-state index is 13.7. The molecular weight excluding hydrogens is 355 g/mol. The van der Waals surface area contributed by atoms with E-state index < -0.39 is 40.9 Å². The molecule has 2 aromatic rings. The zero-order valence-electron chi connectivity index (χ0n) is 13.6. The molecule has 0 atom stereocenters. The summed E-state index contributed by atoms with van der Waals surface area (Å²) >= 11 is 0. The number of anilines is 1. The second kappa shape index (κ2) is 7.68. The van der Waals surface area contributed by atoms with E-state index >= 15 is 0 Å². The molecule has 1 amide bonds. The number of carbonyl (C=O) groups excluding carboxylic acids is 3. The third-order valence-electron chi connectivity index (χ3n) is 3.31. The van der Waals surface area contributed by atoms with E-state index in [-0.39, 0.29) is 16.8 Å². The van der Waals surface area contributed by atoms with Crippen molar-refractivity contribution in [3.63, 3.8) is 0 Å². The van der Waals surface area contributed by atoms with Crippen LogP contribution >= 0.6 is 0 Å². The molecule has 9 heteroatoms. The number of rotatable bonds is 4. The number of amides is 1. The molecule has 0 radical (unpaired) electrons. The number of nitrogens with one attached hydrogen (secondary N) is 1. The number of hydrogen-bond acceptors (Lipinski definition) is 5. The van der Waals surface area contributed by atoms with E-state index in [1.807, 2.05) is 0 Å². The van der Waals surface area contributed by atoms with Gasteiger partial charge in [-0.05, 0) is 30.3 Å². The van der Waals surface area contributed by atoms with E-state index in [9.17, 15) is 27.6 Å². The van der Waals surface area contributed by atoms with Crippen LogP contribution in [-0.4, -0.2) is 32.1 Å². The van der Waals surface area contributed by atoms with Crippen LogP contribution in [0.2, 0.25) is 0 Å². The van der Waals surface area contributed by atoms with Gasteiger partial charge in [0.05, 0.1) is 30.9 Å². The molecule has 2 rings (SSSR count). The van der Waals surface area contributed by atoms with Crippen molar-refractivity contribution in [3.05, 3.63) is 64.5 Å². The van der Waals surface area contributed by atoms with Crippen LogP contribution in [0.15, 0.2) is 30.3 Å². The van der Waals surface area contributed by atoms with Crippen LogP contribution in [0.25, 0.3) is 0 Å². The van der Waals surface area contributed by atoms with Gasteiger partial charge >= 0.3 is 11.9 Å². The number of esters is 2. The molecule has 0 aromatic heterocycles. The van der Waals surface area contributed by atoms with Crippen molar-refractivity contribution < 1.29 is 37.0 Å². The number of hydrogen-bond donors (Lipinski definition) is 1. The van der Waals surface area contributed by atoms with Crippen molar-refractivity contribution in [1.82, 2.24) is 0 Å². The van der Waals surface area contributed by atoms with Gasteiger partial charge in [0.15, 0.2) is 17.5 Å². The zero-order chi connectivity index (χ0) is 19.4. The third-order valence-corrected chi connectivity index (χ3v) is 3.31. The Bertz CT molecular complexity index is 864. The van der Waals surface area contributed by atoms with Crippen LogP contribution in [0.3, 0.4) is 0 Å². The molecule has 1 N–H and O–H groups in total. The highest BCUT2D eigenvalue weighted by Crippen LogP contribution is 2.20. The molecule has 0 bridgehead atoms. The number of carbonyl (C=O) groups is 3. The zero-order valence-corrected chi connectivity index (χ0v) is 13.6. The highest BCUT2D eigenvalue weighted by atomic mass is 19.2. The van der Waals surface area contributed by atoms with Gasteiger partial charge in [0.2, 0.25) is 0 Å². The van der Waals surface area contributed by atoms with Crippen molar-refractivity contribution in [3.8, 4) is 0 Å². The smallest absolute Gasteiger partial charge is 0.337 e. The molecule has 0 heterocycles. The summed E-state index contributed by atoms with van der Waals surface area (Å²) in [6.45, 7) is 0. The Hall–Kier alpha value is -3.36. The Morgan fingerprint density at radius 2 is 1.38 bits per heavy atom. The number of halogens is 3. The van der Waals surface area contributed by atoms with E-state index in [0.29, 0.717) is 6.07 Å². The first-order chi connectivity index (χ1) is 12.3. The molecule has 0 spiro atoms. The predicted molar refractivity (Wildman–Crippen MR) is 83.4 cm³/mol. The summed E-state index contributed by atoms with van der Waals surface area (Å²) in [7, 11) is 2.23. The van der Waals surface area contributed by atoms with E-state index in [4.69, 9.17) is 0 Å². The number of benzene rings is 2. The normalized spacial score (nSPS) is 10.2. The summed E-state index contributed by atoms with van der Waals surface area (Å²) in [5.74, 6) is -7.62. The second-order valence-electron chi connectivity index (χ2n) is 4.96. The van der Waals surface area contributed by atoms with Gasteiger partial charge in [-0.15, -0.1) is 0 Å². The second-order valence-corrected chi connectivity index (χ2v) is 4.96. The molecule has 0 aliphatic rings. The summed E-state index contributed by atoms with van der Waals surface area (Å²) in [4.78, 5) is 35.5. The topological polar surface area (TPSA) is 81.7 Å². The molecule has 0 aliphatic heterocycles. The quantitative estimate of drug-likeness (QED) is 0.664. The summed E-state index contributed by atoms with van der Waals surface area (Å²) in [6, 6.07) is 4.85. The molecule has 0 unspecified atom stereocenters. The maximum absolute atomic E-state index is 13.7. The van der Waals surface area contributed by atoms with E-state index in [1.54, 1.807) is 0 Å². The number of methoxy groups -OCH3 is 2. The Labute approximate surface area is 145 Å². The summed E-state index contributed by atoms with van der Waals surface area (Å²) in [5.41, 5.74) is -1.01. The number of ether oxygens (including phenoxy) is 2. The van der Waals surface area contributed by atoms with Crippen LogP contribution in [-0.2, 0) is 9.47 Å². The monoisotopic (exact) mass is 367 g/mol. The fourth-order valence-corrected chi connectivity index (χ4v) is 2.07. The van der Waals surface area contributed by atoms with Crippen LogP contribution < -0.4 is 5.32 Å². The molecule has 6 nitrogen and oxygen atoms in total. The van der Waals surface area contributed by atoms with Gasteiger partial charge in [-0.2, -0.15) is 0 Å². The molecule has 2 aromatic carbocycles. The molecule has 0 saturated carbocycles. The third kappa shape index (κ3) is 3.82. The molecule has 0 aliphatic carbocycles. The van der Waals surface area contributed by atoms with Gasteiger partial charge < -0.3 is 14.8 Å². The van der Waals surface area contributed by atoms with Gasteiger partial charge in [0.25, 0.3) is 5.91 Å². The summed E-state index contributed by atoms with van der Waals surface area (Å²) in [5, 5.41) is 2.20. The molecule has 0 saturated heterocycles. The first-order valence-electron chi connectivity index (χ1n) is 7.05. The van der Waals surface area contributed by atoms with Crippen LogP contribution in [0, 0.1) is 17.5 Å². The average molecular weight is 367 g/mol. The van der Waals surface area contributed by atoms with Gasteiger partial charge in [-0.1, -0.05) is 0 Å². The van der Waals surface area contributed by atoms with Gasteiger partial charge in [-0.3, -0.25) is 4.79 Å². The Morgan fingerprint density at radius 3 is 1.88 bits per heavy atom. The van der Waals surface area contributed by atoms with Crippen LogP contribution in [0.4, 0.5) is 18.9 Å². The highest BCUT2D eigenvalue weighted by molar-refractivity contribution is 6.06. The Balaban J connectivity index is 2.42. The molecular formula is C17H12F3NO5. The Morgan fingerprint density at radius 1 is 0.846 bits per heavy atom. The van der Waals surface area contributed by atoms with Gasteiger partial charge in [-0.25, -0.2) is 22.8 Å². The maximum Gasteiger partial charge on any atom is 0.337 e. The van der Waals surface area contributed by atoms with E-state index in [1.165, 1.54) is 6.07 Å². The Kier molecular flexibility index (Phi) is 5.61. The minimum atomic E-state index is -1.80. The van der Waals surface area contributed by atoms with Crippen molar-refractivity contribution in [1.29, 1.82) is 0 Å². The largest absolute Gasteiger partial charge is 0.465 e. The molecule has 136 valence electrons. The molecule has 0 fully saturated rings.